The highest BCUT2D eigenvalue weighted by Crippen LogP contribution is 2.33. The van der Waals surface area contributed by atoms with Crippen molar-refractivity contribution in [3.63, 3.8) is 0 Å². The van der Waals surface area contributed by atoms with Crippen molar-refractivity contribution in [3.05, 3.63) is 35.7 Å². The summed E-state index contributed by atoms with van der Waals surface area (Å²) in [7, 11) is 0. The van der Waals surface area contributed by atoms with Gasteiger partial charge in [0, 0.05) is 12.7 Å². The molecule has 27 heavy (non-hydrogen) atoms. The van der Waals surface area contributed by atoms with Crippen LogP contribution in [-0.4, -0.2) is 41.9 Å². The molecule has 3 heterocycles. The Kier molecular flexibility index (Phi) is 5.09. The molecular weight excluding hydrogens is 366 g/mol. The molecule has 142 valence electrons. The van der Waals surface area contributed by atoms with Crippen LogP contribution in [0.1, 0.15) is 36.0 Å². The maximum Gasteiger partial charge on any atom is 0.282 e. The smallest absolute Gasteiger partial charge is 0.282 e. The van der Waals surface area contributed by atoms with Gasteiger partial charge in [-0.1, -0.05) is 16.5 Å². The Balaban J connectivity index is 1.68. The van der Waals surface area contributed by atoms with Gasteiger partial charge in [0.05, 0.1) is 29.5 Å². The van der Waals surface area contributed by atoms with Crippen LogP contribution in [0.3, 0.4) is 0 Å². The Hall–Kier alpha value is -2.45. The normalized spacial score (nSPS) is 16.7. The first-order chi connectivity index (χ1) is 13.1. The Morgan fingerprint density at radius 2 is 2.30 bits per heavy atom. The Morgan fingerprint density at radius 1 is 1.41 bits per heavy atom. The molecule has 1 aromatic carbocycles. The fraction of sp³-hybridized carbons (Fsp3) is 0.421. The summed E-state index contributed by atoms with van der Waals surface area (Å²) in [5.74, 6) is 1.16. The molecule has 0 N–H and O–H groups in total. The number of anilines is 1. The first-order valence-electron chi connectivity index (χ1n) is 9.04. The van der Waals surface area contributed by atoms with Crippen molar-refractivity contribution in [2.75, 3.05) is 24.7 Å². The van der Waals surface area contributed by atoms with Gasteiger partial charge in [0.1, 0.15) is 11.5 Å². The SMILES string of the molecule is CCOc1ccc2nc(N(CC3CCCO3)C(=O)c3cc(C)on3)sc2c1. The van der Waals surface area contributed by atoms with Crippen LogP contribution in [0.4, 0.5) is 5.13 Å². The average Bonchev–Trinajstić information content (AvgIpc) is 3.39. The Bertz CT molecular complexity index is 945. The molecule has 4 rings (SSSR count). The maximum absolute atomic E-state index is 13.1. The van der Waals surface area contributed by atoms with E-state index in [0.29, 0.717) is 24.0 Å². The standard InChI is InChI=1S/C19H21N3O4S/c1-3-24-13-6-7-15-17(10-13)27-19(20-15)22(11-14-5-4-8-25-14)18(23)16-9-12(2)26-21-16/h6-7,9-10,14H,3-5,8,11H2,1-2H3. The number of amides is 1. The summed E-state index contributed by atoms with van der Waals surface area (Å²) in [5.41, 5.74) is 1.11. The summed E-state index contributed by atoms with van der Waals surface area (Å²) in [6.07, 6.45) is 1.95. The maximum atomic E-state index is 13.1. The van der Waals surface area contributed by atoms with E-state index in [2.05, 4.69) is 10.1 Å². The van der Waals surface area contributed by atoms with Gasteiger partial charge in [-0.25, -0.2) is 4.98 Å². The second-order valence-corrected chi connectivity index (χ2v) is 7.44. The number of aromatic nitrogens is 2. The van der Waals surface area contributed by atoms with E-state index in [9.17, 15) is 4.79 Å². The molecule has 1 fully saturated rings. The third-order valence-corrected chi connectivity index (χ3v) is 5.43. The van der Waals surface area contributed by atoms with E-state index < -0.39 is 0 Å². The van der Waals surface area contributed by atoms with Crippen LogP contribution in [0.15, 0.2) is 28.8 Å². The predicted molar refractivity (Wildman–Crippen MR) is 103 cm³/mol. The first kappa shape index (κ1) is 17.9. The van der Waals surface area contributed by atoms with Gasteiger partial charge in [0.2, 0.25) is 0 Å². The van der Waals surface area contributed by atoms with Crippen molar-refractivity contribution < 1.29 is 18.8 Å². The zero-order valence-corrected chi connectivity index (χ0v) is 16.1. The van der Waals surface area contributed by atoms with Crippen molar-refractivity contribution in [1.29, 1.82) is 0 Å². The summed E-state index contributed by atoms with van der Waals surface area (Å²) in [6, 6.07) is 7.40. The molecule has 0 saturated carbocycles. The van der Waals surface area contributed by atoms with Crippen molar-refractivity contribution >= 4 is 32.6 Å². The fourth-order valence-electron chi connectivity index (χ4n) is 3.11. The summed E-state index contributed by atoms with van der Waals surface area (Å²) in [6.45, 7) is 5.49. The number of ether oxygens (including phenoxy) is 2. The number of rotatable bonds is 6. The van der Waals surface area contributed by atoms with Crippen LogP contribution >= 0.6 is 11.3 Å². The number of carbonyl (C=O) groups excluding carboxylic acids is 1. The Morgan fingerprint density at radius 3 is 3.00 bits per heavy atom. The number of thiazole rings is 1. The molecule has 1 aliphatic rings. The summed E-state index contributed by atoms with van der Waals surface area (Å²) < 4.78 is 17.4. The van der Waals surface area contributed by atoms with Crippen LogP contribution < -0.4 is 9.64 Å². The van der Waals surface area contributed by atoms with E-state index in [1.54, 1.807) is 17.9 Å². The molecule has 0 radical (unpaired) electrons. The average molecular weight is 387 g/mol. The third kappa shape index (κ3) is 3.81. The van der Waals surface area contributed by atoms with Crippen LogP contribution in [0.25, 0.3) is 10.2 Å². The monoisotopic (exact) mass is 387 g/mol. The number of fused-ring (bicyclic) bond motifs is 1. The molecular formula is C19H21N3O4S. The van der Waals surface area contributed by atoms with Gasteiger partial charge in [-0.2, -0.15) is 0 Å². The zero-order chi connectivity index (χ0) is 18.8. The molecule has 7 nitrogen and oxygen atoms in total. The molecule has 1 unspecified atom stereocenters. The van der Waals surface area contributed by atoms with Crippen LogP contribution in [0, 0.1) is 6.92 Å². The summed E-state index contributed by atoms with van der Waals surface area (Å²) >= 11 is 1.46. The second kappa shape index (κ2) is 7.66. The second-order valence-electron chi connectivity index (χ2n) is 6.43. The lowest BCUT2D eigenvalue weighted by Gasteiger charge is -2.21. The van der Waals surface area contributed by atoms with Crippen LogP contribution in [0.5, 0.6) is 5.75 Å². The summed E-state index contributed by atoms with van der Waals surface area (Å²) in [4.78, 5) is 19.4. The number of carbonyl (C=O) groups is 1. The zero-order valence-electron chi connectivity index (χ0n) is 15.3. The molecule has 2 aromatic heterocycles. The lowest BCUT2D eigenvalue weighted by Crippen LogP contribution is -2.37. The highest BCUT2D eigenvalue weighted by Gasteiger charge is 2.28. The predicted octanol–water partition coefficient (Wildman–Crippen LogP) is 3.82. The number of aryl methyl sites for hydroxylation is 1. The van der Waals surface area contributed by atoms with E-state index in [0.717, 1.165) is 35.4 Å². The van der Waals surface area contributed by atoms with E-state index in [1.807, 2.05) is 25.1 Å². The number of hydrogen-bond donors (Lipinski definition) is 0. The van der Waals surface area contributed by atoms with E-state index in [4.69, 9.17) is 14.0 Å². The molecule has 1 aliphatic heterocycles. The lowest BCUT2D eigenvalue weighted by molar-refractivity contribution is 0.0910. The minimum absolute atomic E-state index is 0.00736. The minimum atomic E-state index is -0.230. The van der Waals surface area contributed by atoms with Gasteiger partial charge in [0.15, 0.2) is 10.8 Å². The van der Waals surface area contributed by atoms with Crippen LogP contribution in [0.2, 0.25) is 0 Å². The van der Waals surface area contributed by atoms with Crippen molar-refractivity contribution in [1.82, 2.24) is 10.1 Å². The van der Waals surface area contributed by atoms with Crippen molar-refractivity contribution in [2.24, 2.45) is 0 Å². The molecule has 0 aliphatic carbocycles. The number of hydrogen-bond acceptors (Lipinski definition) is 7. The highest BCUT2D eigenvalue weighted by molar-refractivity contribution is 7.22. The number of nitrogens with zero attached hydrogens (tertiary/aromatic N) is 3. The molecule has 1 saturated heterocycles. The molecule has 3 aromatic rings. The van der Waals surface area contributed by atoms with Gasteiger partial charge in [-0.05, 0) is 44.9 Å². The van der Waals surface area contributed by atoms with Gasteiger partial charge >= 0.3 is 0 Å². The molecule has 0 spiro atoms. The van der Waals surface area contributed by atoms with Crippen molar-refractivity contribution in [3.8, 4) is 5.75 Å². The first-order valence-corrected chi connectivity index (χ1v) is 9.86. The lowest BCUT2D eigenvalue weighted by atomic mass is 10.2. The van der Waals surface area contributed by atoms with Gasteiger partial charge in [0.25, 0.3) is 5.91 Å². The third-order valence-electron chi connectivity index (χ3n) is 4.39. The van der Waals surface area contributed by atoms with Crippen LogP contribution in [-0.2, 0) is 4.74 Å². The highest BCUT2D eigenvalue weighted by atomic mass is 32.1. The van der Waals surface area contributed by atoms with E-state index in [-0.39, 0.29) is 17.7 Å². The van der Waals surface area contributed by atoms with Crippen molar-refractivity contribution in [2.45, 2.75) is 32.8 Å². The van der Waals surface area contributed by atoms with Gasteiger partial charge < -0.3 is 14.0 Å². The quantitative estimate of drug-likeness (QED) is 0.640. The molecule has 8 heteroatoms. The summed E-state index contributed by atoms with van der Waals surface area (Å²) in [5, 5.41) is 4.50. The topological polar surface area (TPSA) is 77.7 Å². The number of benzene rings is 1. The fourth-order valence-corrected chi connectivity index (χ4v) is 4.11. The largest absolute Gasteiger partial charge is 0.494 e. The molecule has 1 atom stereocenters. The molecule has 1 amide bonds. The van der Waals surface area contributed by atoms with Gasteiger partial charge in [-0.15, -0.1) is 0 Å². The molecule has 0 bridgehead atoms. The van der Waals surface area contributed by atoms with Gasteiger partial charge in [-0.3, -0.25) is 9.69 Å². The van der Waals surface area contributed by atoms with E-state index >= 15 is 0 Å². The minimum Gasteiger partial charge on any atom is -0.494 e. The Labute approximate surface area is 160 Å². The van der Waals surface area contributed by atoms with E-state index in [1.165, 1.54) is 11.3 Å².